The lowest BCUT2D eigenvalue weighted by molar-refractivity contribution is -0.119. The van der Waals surface area contributed by atoms with E-state index in [-0.39, 0.29) is 24.0 Å². The van der Waals surface area contributed by atoms with Crippen molar-refractivity contribution in [3.05, 3.63) is 48.2 Å². The first-order valence-electron chi connectivity index (χ1n) is 10.4. The maximum Gasteiger partial charge on any atom is 0.501 e. The number of anilines is 2. The molecule has 2 fully saturated rings. The number of hydrogen-bond acceptors (Lipinski definition) is 7. The number of carbonyl (C=O) groups is 3. The summed E-state index contributed by atoms with van der Waals surface area (Å²) in [6.07, 6.45) is 1.52. The lowest BCUT2D eigenvalue weighted by atomic mass is 10.1. The van der Waals surface area contributed by atoms with Crippen LogP contribution in [0.25, 0.3) is 0 Å². The van der Waals surface area contributed by atoms with E-state index in [1.54, 1.807) is 19.1 Å². The largest absolute Gasteiger partial charge is 0.501 e. The summed E-state index contributed by atoms with van der Waals surface area (Å²) in [5.74, 6) is -0.600. The summed E-state index contributed by atoms with van der Waals surface area (Å²) in [4.78, 5) is 41.0. The molecule has 4 amide bonds. The first kappa shape index (κ1) is 24.4. The minimum Gasteiger partial charge on any atom is -0.450 e. The molecule has 35 heavy (non-hydrogen) atoms. The molecular weight excluding hydrogens is 493 g/mol. The Labute approximate surface area is 197 Å². The molecule has 4 rings (SSSR count). The van der Waals surface area contributed by atoms with Gasteiger partial charge in [0.05, 0.1) is 17.2 Å². The van der Waals surface area contributed by atoms with Crippen molar-refractivity contribution in [3.63, 3.8) is 0 Å². The number of halogens is 3. The Morgan fingerprint density at radius 1 is 1.26 bits per heavy atom. The van der Waals surface area contributed by atoms with E-state index < -0.39 is 43.8 Å². The van der Waals surface area contributed by atoms with Crippen molar-refractivity contribution >= 4 is 39.4 Å². The van der Waals surface area contributed by atoms with Crippen LogP contribution in [0.1, 0.15) is 18.9 Å². The van der Waals surface area contributed by atoms with Crippen molar-refractivity contribution in [2.75, 3.05) is 16.8 Å². The molecule has 2 aromatic rings. The predicted octanol–water partition coefficient (Wildman–Crippen LogP) is 3.00. The molecule has 1 aromatic heterocycles. The van der Waals surface area contributed by atoms with Gasteiger partial charge in [0.15, 0.2) is 0 Å². The van der Waals surface area contributed by atoms with Crippen LogP contribution in [0, 0.1) is 5.92 Å². The molecule has 2 aliphatic rings. The van der Waals surface area contributed by atoms with Crippen molar-refractivity contribution in [2.45, 2.75) is 35.7 Å². The van der Waals surface area contributed by atoms with Crippen LogP contribution in [0.2, 0.25) is 0 Å². The summed E-state index contributed by atoms with van der Waals surface area (Å²) in [5, 5.41) is 5.12. The molecule has 1 spiro atoms. The number of ether oxygens (including phenoxy) is 1. The molecule has 186 valence electrons. The van der Waals surface area contributed by atoms with Crippen molar-refractivity contribution < 1.29 is 40.7 Å². The number of benzene rings is 1. The number of nitrogens with zero attached hydrogens (tertiary/aromatic N) is 2. The average Bonchev–Trinajstić information content (AvgIpc) is 3.39. The van der Waals surface area contributed by atoms with Crippen LogP contribution in [-0.2, 0) is 25.8 Å². The quantitative estimate of drug-likeness (QED) is 0.568. The molecule has 1 aromatic carbocycles. The molecular formula is C21H19F3N4O6S. The number of rotatable bonds is 6. The Hall–Kier alpha value is -3.68. The van der Waals surface area contributed by atoms with Crippen LogP contribution in [0.4, 0.5) is 34.3 Å². The highest BCUT2D eigenvalue weighted by molar-refractivity contribution is 7.92. The van der Waals surface area contributed by atoms with Gasteiger partial charge in [-0.25, -0.2) is 27.9 Å². The maximum absolute atomic E-state index is 13.1. The first-order chi connectivity index (χ1) is 16.4. The highest BCUT2D eigenvalue weighted by atomic mass is 32.2. The number of imide groups is 1. The van der Waals surface area contributed by atoms with Gasteiger partial charge in [-0.15, -0.1) is 0 Å². The SMILES string of the molecule is CCOC(=O)Nc1cc(CC2CC23NC(=O)N(c2ccc(S(=O)(=O)C(F)(F)F)cc2)C3=O)ccn1. The third-order valence-corrected chi connectivity index (χ3v) is 7.25. The van der Waals surface area contributed by atoms with Crippen molar-refractivity contribution in [3.8, 4) is 0 Å². The van der Waals surface area contributed by atoms with E-state index in [1.807, 2.05) is 0 Å². The average molecular weight is 512 g/mol. The number of nitrogens with one attached hydrogen (secondary N) is 2. The van der Waals surface area contributed by atoms with E-state index in [4.69, 9.17) is 4.74 Å². The van der Waals surface area contributed by atoms with E-state index >= 15 is 0 Å². The second kappa shape index (κ2) is 8.52. The molecule has 0 radical (unpaired) electrons. The standard InChI is InChI=1S/C21H19F3N4O6S/c1-2-34-19(31)26-16-10-12(7-8-25-16)9-13-11-20(13)17(29)28(18(30)27-20)14-3-5-15(6-4-14)35(32,33)21(22,23)24/h3-8,10,13H,2,9,11H2,1H3,(H,27,30)(H,25,26,31). The molecule has 1 saturated heterocycles. The summed E-state index contributed by atoms with van der Waals surface area (Å²) in [6, 6.07) is 5.89. The zero-order chi connectivity index (χ0) is 25.6. The number of hydrogen-bond donors (Lipinski definition) is 2. The molecule has 2 atom stereocenters. The lowest BCUT2D eigenvalue weighted by Crippen LogP contribution is -2.35. The highest BCUT2D eigenvalue weighted by Gasteiger charge is 2.67. The van der Waals surface area contributed by atoms with Gasteiger partial charge in [0.25, 0.3) is 15.7 Å². The second-order valence-electron chi connectivity index (χ2n) is 7.99. The van der Waals surface area contributed by atoms with Crippen molar-refractivity contribution in [1.82, 2.24) is 10.3 Å². The fourth-order valence-electron chi connectivity index (χ4n) is 3.95. The number of alkyl halides is 3. The highest BCUT2D eigenvalue weighted by Crippen LogP contribution is 2.50. The van der Waals surface area contributed by atoms with E-state index in [0.29, 0.717) is 25.0 Å². The van der Waals surface area contributed by atoms with Gasteiger partial charge in [0.1, 0.15) is 11.4 Å². The number of urea groups is 1. The summed E-state index contributed by atoms with van der Waals surface area (Å²) in [5.41, 5.74) is -5.96. The van der Waals surface area contributed by atoms with Gasteiger partial charge in [-0.2, -0.15) is 13.2 Å². The van der Waals surface area contributed by atoms with Gasteiger partial charge < -0.3 is 10.1 Å². The van der Waals surface area contributed by atoms with Crippen molar-refractivity contribution in [1.29, 1.82) is 0 Å². The fraction of sp³-hybridized carbons (Fsp3) is 0.333. The van der Waals surface area contributed by atoms with Gasteiger partial charge in [0, 0.05) is 6.20 Å². The summed E-state index contributed by atoms with van der Waals surface area (Å²) >= 11 is 0. The number of carbonyl (C=O) groups excluding carboxylic acids is 3. The molecule has 2 N–H and O–H groups in total. The van der Waals surface area contributed by atoms with E-state index in [1.165, 1.54) is 6.20 Å². The summed E-state index contributed by atoms with van der Waals surface area (Å²) in [6.45, 7) is 1.85. The number of amides is 4. The molecule has 14 heteroatoms. The normalized spacial score (nSPS) is 21.7. The van der Waals surface area contributed by atoms with Gasteiger partial charge in [-0.1, -0.05) is 0 Å². The fourth-order valence-corrected chi connectivity index (χ4v) is 4.71. The van der Waals surface area contributed by atoms with Crippen LogP contribution in [0.15, 0.2) is 47.5 Å². The number of sulfone groups is 1. The molecule has 1 aliphatic heterocycles. The van der Waals surface area contributed by atoms with Gasteiger partial charge >= 0.3 is 17.6 Å². The van der Waals surface area contributed by atoms with E-state index in [0.717, 1.165) is 22.6 Å². The van der Waals surface area contributed by atoms with Crippen LogP contribution in [-0.4, -0.2) is 49.1 Å². The molecule has 2 unspecified atom stereocenters. The molecule has 10 nitrogen and oxygen atoms in total. The minimum atomic E-state index is -5.56. The Morgan fingerprint density at radius 2 is 1.94 bits per heavy atom. The number of aromatic nitrogens is 1. The van der Waals surface area contributed by atoms with Crippen LogP contribution in [0.3, 0.4) is 0 Å². The molecule has 1 saturated carbocycles. The Balaban J connectivity index is 1.47. The predicted molar refractivity (Wildman–Crippen MR) is 115 cm³/mol. The Morgan fingerprint density at radius 3 is 2.57 bits per heavy atom. The lowest BCUT2D eigenvalue weighted by Gasteiger charge is -2.14. The summed E-state index contributed by atoms with van der Waals surface area (Å²) in [7, 11) is -5.56. The van der Waals surface area contributed by atoms with Crippen LogP contribution in [0.5, 0.6) is 0 Å². The monoisotopic (exact) mass is 512 g/mol. The maximum atomic E-state index is 13.1. The van der Waals surface area contributed by atoms with Gasteiger partial charge in [-0.3, -0.25) is 10.1 Å². The minimum absolute atomic E-state index is 0.0546. The first-order valence-corrected chi connectivity index (χ1v) is 11.8. The molecule has 1 aliphatic carbocycles. The number of pyridine rings is 1. The smallest absolute Gasteiger partial charge is 0.450 e. The van der Waals surface area contributed by atoms with Crippen LogP contribution < -0.4 is 15.5 Å². The van der Waals surface area contributed by atoms with Crippen molar-refractivity contribution in [2.24, 2.45) is 5.92 Å². The molecule has 2 heterocycles. The van der Waals surface area contributed by atoms with Gasteiger partial charge in [-0.05, 0) is 67.6 Å². The third-order valence-electron chi connectivity index (χ3n) is 5.74. The Bertz CT molecular complexity index is 1300. The van der Waals surface area contributed by atoms with E-state index in [2.05, 4.69) is 15.6 Å². The topological polar surface area (TPSA) is 135 Å². The third kappa shape index (κ3) is 4.40. The molecule has 0 bridgehead atoms. The van der Waals surface area contributed by atoms with Gasteiger partial charge in [0.2, 0.25) is 0 Å². The zero-order valence-electron chi connectivity index (χ0n) is 18.1. The second-order valence-corrected chi connectivity index (χ2v) is 9.93. The summed E-state index contributed by atoms with van der Waals surface area (Å²) < 4.78 is 66.1. The zero-order valence-corrected chi connectivity index (χ0v) is 18.9. The van der Waals surface area contributed by atoms with E-state index in [9.17, 15) is 36.0 Å². The van der Waals surface area contributed by atoms with Crippen LogP contribution >= 0.6 is 0 Å². The Kier molecular flexibility index (Phi) is 5.95.